The molecule has 3 rings (SSSR count). The molecule has 2 heterocycles. The smallest absolute Gasteiger partial charge is 0.178 e. The number of aryl methyl sites for hydroxylation is 2. The van der Waals surface area contributed by atoms with E-state index in [0.717, 1.165) is 27.9 Å². The summed E-state index contributed by atoms with van der Waals surface area (Å²) in [6, 6.07) is 6.23. The fourth-order valence-electron chi connectivity index (χ4n) is 2.22. The maximum absolute atomic E-state index is 5.40. The Labute approximate surface area is 110 Å². The molecule has 0 atom stereocenters. The van der Waals surface area contributed by atoms with E-state index < -0.39 is 0 Å². The highest BCUT2D eigenvalue weighted by Crippen LogP contribution is 2.18. The van der Waals surface area contributed by atoms with Crippen LogP contribution >= 0.6 is 12.2 Å². The zero-order valence-corrected chi connectivity index (χ0v) is 11.2. The van der Waals surface area contributed by atoms with E-state index in [9.17, 15) is 0 Å². The summed E-state index contributed by atoms with van der Waals surface area (Å²) < 4.78 is 4.66. The molecule has 0 bridgehead atoms. The van der Waals surface area contributed by atoms with Crippen molar-refractivity contribution in [2.45, 2.75) is 13.5 Å². The van der Waals surface area contributed by atoms with Crippen molar-refractivity contribution in [3.63, 3.8) is 0 Å². The molecule has 0 aliphatic rings. The van der Waals surface area contributed by atoms with Gasteiger partial charge in [-0.15, -0.1) is 0 Å². The van der Waals surface area contributed by atoms with Gasteiger partial charge in [-0.1, -0.05) is 12.1 Å². The van der Waals surface area contributed by atoms with Gasteiger partial charge in [0.05, 0.1) is 23.8 Å². The number of nitrogens with zero attached hydrogens (tertiary/aromatic N) is 3. The second kappa shape index (κ2) is 4.10. The van der Waals surface area contributed by atoms with Crippen molar-refractivity contribution < 1.29 is 0 Å². The molecule has 5 heteroatoms. The molecule has 0 amide bonds. The Morgan fingerprint density at radius 2 is 2.22 bits per heavy atom. The monoisotopic (exact) mass is 258 g/mol. The highest BCUT2D eigenvalue weighted by atomic mass is 32.1. The Hall–Kier alpha value is -1.88. The van der Waals surface area contributed by atoms with Crippen molar-refractivity contribution in [2.75, 3.05) is 0 Å². The normalized spacial score (nSPS) is 11.2. The third kappa shape index (κ3) is 1.76. The van der Waals surface area contributed by atoms with Crippen LogP contribution in [0.2, 0.25) is 0 Å². The number of imidazole rings is 1. The molecule has 0 fully saturated rings. The highest BCUT2D eigenvalue weighted by Gasteiger charge is 2.07. The van der Waals surface area contributed by atoms with Gasteiger partial charge in [0.2, 0.25) is 0 Å². The molecule has 0 spiro atoms. The molecule has 2 aromatic heterocycles. The lowest BCUT2D eigenvalue weighted by Gasteiger charge is -2.02. The number of fused-ring (bicyclic) bond motifs is 1. The molecule has 0 aliphatic carbocycles. The Morgan fingerprint density at radius 1 is 1.39 bits per heavy atom. The van der Waals surface area contributed by atoms with Crippen LogP contribution in [0.1, 0.15) is 11.1 Å². The summed E-state index contributed by atoms with van der Waals surface area (Å²) in [6.45, 7) is 2.83. The highest BCUT2D eigenvalue weighted by molar-refractivity contribution is 7.71. The van der Waals surface area contributed by atoms with Crippen molar-refractivity contribution in [1.29, 1.82) is 0 Å². The molecule has 92 valence electrons. The van der Waals surface area contributed by atoms with Crippen LogP contribution in [-0.4, -0.2) is 19.3 Å². The van der Waals surface area contributed by atoms with Gasteiger partial charge in [-0.05, 0) is 30.8 Å². The van der Waals surface area contributed by atoms with E-state index in [1.165, 1.54) is 5.56 Å². The molecule has 4 nitrogen and oxygen atoms in total. The number of para-hydroxylation sites is 1. The SMILES string of the molecule is Cc1cccc2c1[nH]c(=S)n2Cc1cnn(C)c1. The summed E-state index contributed by atoms with van der Waals surface area (Å²) >= 11 is 5.40. The molecule has 18 heavy (non-hydrogen) atoms. The summed E-state index contributed by atoms with van der Waals surface area (Å²) in [5.41, 5.74) is 4.62. The number of aromatic nitrogens is 4. The molecule has 0 radical (unpaired) electrons. The predicted octanol–water partition coefficient (Wildman–Crippen LogP) is 2.79. The molecule has 0 aliphatic heterocycles. The third-order valence-corrected chi connectivity index (χ3v) is 3.44. The number of aromatic amines is 1. The minimum absolute atomic E-state index is 0.746. The van der Waals surface area contributed by atoms with Gasteiger partial charge in [-0.3, -0.25) is 4.68 Å². The van der Waals surface area contributed by atoms with E-state index >= 15 is 0 Å². The van der Waals surface area contributed by atoms with Gasteiger partial charge < -0.3 is 9.55 Å². The van der Waals surface area contributed by atoms with E-state index in [-0.39, 0.29) is 0 Å². The number of hydrogen-bond acceptors (Lipinski definition) is 2. The quantitative estimate of drug-likeness (QED) is 0.718. The molecule has 0 unspecified atom stereocenters. The molecular weight excluding hydrogens is 244 g/mol. The topological polar surface area (TPSA) is 38.5 Å². The van der Waals surface area contributed by atoms with E-state index in [1.54, 1.807) is 4.68 Å². The lowest BCUT2D eigenvalue weighted by Crippen LogP contribution is -1.98. The molecule has 1 N–H and O–H groups in total. The minimum atomic E-state index is 0.746. The van der Waals surface area contributed by atoms with Gasteiger partial charge in [-0.25, -0.2) is 0 Å². The number of benzene rings is 1. The van der Waals surface area contributed by atoms with Crippen molar-refractivity contribution >= 4 is 23.3 Å². The Balaban J connectivity index is 2.14. The van der Waals surface area contributed by atoms with Gasteiger partial charge in [0.1, 0.15) is 0 Å². The van der Waals surface area contributed by atoms with Crippen molar-refractivity contribution in [3.8, 4) is 0 Å². The van der Waals surface area contributed by atoms with Crippen molar-refractivity contribution in [3.05, 3.63) is 46.5 Å². The standard InChI is InChI=1S/C13H14N4S/c1-9-4-3-5-11-12(9)15-13(18)17(11)8-10-6-14-16(2)7-10/h3-7H,8H2,1-2H3,(H,15,18). The third-order valence-electron chi connectivity index (χ3n) is 3.12. The van der Waals surface area contributed by atoms with Crippen molar-refractivity contribution in [1.82, 2.24) is 19.3 Å². The summed E-state index contributed by atoms with van der Waals surface area (Å²) in [6.07, 6.45) is 3.88. The number of hydrogen-bond donors (Lipinski definition) is 1. The fourth-order valence-corrected chi connectivity index (χ4v) is 2.48. The second-order valence-corrected chi connectivity index (χ2v) is 4.89. The van der Waals surface area contributed by atoms with Gasteiger partial charge in [0.25, 0.3) is 0 Å². The van der Waals surface area contributed by atoms with Crippen LogP contribution in [0.25, 0.3) is 11.0 Å². The first kappa shape index (κ1) is 11.2. The van der Waals surface area contributed by atoms with Crippen LogP contribution in [0.3, 0.4) is 0 Å². The van der Waals surface area contributed by atoms with E-state index in [2.05, 4.69) is 39.8 Å². The minimum Gasteiger partial charge on any atom is -0.330 e. The van der Waals surface area contributed by atoms with Crippen LogP contribution in [0.5, 0.6) is 0 Å². The van der Waals surface area contributed by atoms with Gasteiger partial charge in [0.15, 0.2) is 4.77 Å². The summed E-state index contributed by atoms with van der Waals surface area (Å²) in [4.78, 5) is 3.27. The average Bonchev–Trinajstić information content (AvgIpc) is 2.87. The molecule has 3 aromatic rings. The Bertz CT molecular complexity index is 763. The second-order valence-electron chi connectivity index (χ2n) is 4.51. The average molecular weight is 258 g/mol. The summed E-state index contributed by atoms with van der Waals surface area (Å²) in [5.74, 6) is 0. The molecule has 1 aromatic carbocycles. The maximum atomic E-state index is 5.40. The largest absolute Gasteiger partial charge is 0.330 e. The zero-order chi connectivity index (χ0) is 12.7. The zero-order valence-electron chi connectivity index (χ0n) is 10.3. The number of rotatable bonds is 2. The molecular formula is C13H14N4S. The lowest BCUT2D eigenvalue weighted by molar-refractivity contribution is 0.763. The van der Waals surface area contributed by atoms with Crippen LogP contribution in [0.15, 0.2) is 30.6 Å². The Kier molecular flexibility index (Phi) is 2.56. The van der Waals surface area contributed by atoms with Crippen LogP contribution in [-0.2, 0) is 13.6 Å². The lowest BCUT2D eigenvalue weighted by atomic mass is 10.2. The summed E-state index contributed by atoms with van der Waals surface area (Å²) in [7, 11) is 1.92. The van der Waals surface area contributed by atoms with Gasteiger partial charge in [-0.2, -0.15) is 5.10 Å². The first-order valence-electron chi connectivity index (χ1n) is 5.81. The number of H-pyrrole nitrogens is 1. The van der Waals surface area contributed by atoms with Crippen molar-refractivity contribution in [2.24, 2.45) is 7.05 Å². The predicted molar refractivity (Wildman–Crippen MR) is 74.2 cm³/mol. The van der Waals surface area contributed by atoms with E-state index in [4.69, 9.17) is 12.2 Å². The van der Waals surface area contributed by atoms with Crippen LogP contribution in [0, 0.1) is 11.7 Å². The number of nitrogens with one attached hydrogen (secondary N) is 1. The first-order valence-corrected chi connectivity index (χ1v) is 6.21. The van der Waals surface area contributed by atoms with Gasteiger partial charge >= 0.3 is 0 Å². The van der Waals surface area contributed by atoms with E-state index in [1.807, 2.05) is 19.4 Å². The fraction of sp³-hybridized carbons (Fsp3) is 0.231. The summed E-state index contributed by atoms with van der Waals surface area (Å²) in [5, 5.41) is 4.18. The van der Waals surface area contributed by atoms with E-state index in [0.29, 0.717) is 0 Å². The molecule has 0 saturated heterocycles. The van der Waals surface area contributed by atoms with Crippen LogP contribution in [0.4, 0.5) is 0 Å². The van der Waals surface area contributed by atoms with Gasteiger partial charge in [0, 0.05) is 18.8 Å². The first-order chi connectivity index (χ1) is 8.65. The van der Waals surface area contributed by atoms with Crippen LogP contribution < -0.4 is 0 Å². The Morgan fingerprint density at radius 3 is 2.94 bits per heavy atom. The molecule has 0 saturated carbocycles. The maximum Gasteiger partial charge on any atom is 0.178 e.